The molecule has 5 nitrogen and oxygen atoms in total. The molecule has 0 saturated heterocycles. The number of hydrogen-bond donors (Lipinski definition) is 0. The Kier molecular flexibility index (Phi) is 5.31. The third kappa shape index (κ3) is 3.97. The standard InChI is InChI=1S/C34H21N3O2S/c1-2-12-25(13-3-1)37-21-24(33(36-37)29-18-22-10-4-7-15-27(22)38-29)20-32-34(35-26-14-6-9-17-31(26)40-32)30-19-23-11-5-8-16-28(23)39-30/h1-21H/b32-20+. The van der Waals surface area contributed by atoms with E-state index >= 15 is 0 Å². The van der Waals surface area contributed by atoms with E-state index in [1.54, 1.807) is 11.8 Å². The van der Waals surface area contributed by atoms with Crippen molar-refractivity contribution in [1.29, 1.82) is 0 Å². The van der Waals surface area contributed by atoms with Crippen molar-refractivity contribution >= 4 is 51.2 Å². The summed E-state index contributed by atoms with van der Waals surface area (Å²) in [6, 6.07) is 38.5. The number of furan rings is 2. The maximum atomic E-state index is 6.30. The van der Waals surface area contributed by atoms with Crippen LogP contribution in [0.15, 0.2) is 145 Å². The summed E-state index contributed by atoms with van der Waals surface area (Å²) in [6.07, 6.45) is 4.18. The molecule has 0 aliphatic carbocycles. The van der Waals surface area contributed by atoms with E-state index in [1.807, 2.05) is 102 Å². The van der Waals surface area contributed by atoms with Crippen LogP contribution in [0.25, 0.3) is 45.2 Å². The first-order valence-corrected chi connectivity index (χ1v) is 13.8. The number of fused-ring (bicyclic) bond motifs is 3. The number of allylic oxidation sites excluding steroid dienone is 1. The molecule has 7 aromatic rings. The highest BCUT2D eigenvalue weighted by Gasteiger charge is 2.24. The Labute approximate surface area is 234 Å². The van der Waals surface area contributed by atoms with E-state index < -0.39 is 0 Å². The summed E-state index contributed by atoms with van der Waals surface area (Å²) in [5, 5.41) is 7.08. The molecule has 0 saturated carbocycles. The number of aliphatic imine (C=N–C) groups is 1. The van der Waals surface area contributed by atoms with Crippen LogP contribution in [0.2, 0.25) is 0 Å². The van der Waals surface area contributed by atoms with Gasteiger partial charge < -0.3 is 8.83 Å². The molecule has 4 aromatic carbocycles. The minimum absolute atomic E-state index is 0.714. The van der Waals surface area contributed by atoms with Crippen LogP contribution in [0.4, 0.5) is 5.69 Å². The lowest BCUT2D eigenvalue weighted by molar-refractivity contribution is 0.605. The van der Waals surface area contributed by atoms with E-state index in [1.165, 1.54) is 0 Å². The second kappa shape index (κ2) is 9.29. The molecule has 1 aliphatic heterocycles. The van der Waals surface area contributed by atoms with Gasteiger partial charge in [-0.1, -0.05) is 78.5 Å². The van der Waals surface area contributed by atoms with Gasteiger partial charge in [-0.3, -0.25) is 0 Å². The van der Waals surface area contributed by atoms with E-state index in [0.29, 0.717) is 5.76 Å². The van der Waals surface area contributed by atoms with Gasteiger partial charge in [0.25, 0.3) is 0 Å². The summed E-state index contributed by atoms with van der Waals surface area (Å²) in [7, 11) is 0. The van der Waals surface area contributed by atoms with Crippen LogP contribution in [0.5, 0.6) is 0 Å². The summed E-state index contributed by atoms with van der Waals surface area (Å²) in [6.45, 7) is 0. The van der Waals surface area contributed by atoms with Gasteiger partial charge in [-0.05, 0) is 54.6 Å². The maximum absolute atomic E-state index is 6.30. The van der Waals surface area contributed by atoms with Crippen molar-refractivity contribution in [3.05, 3.63) is 138 Å². The first kappa shape index (κ1) is 22.9. The SMILES string of the molecule is C(=C1\Sc2ccccc2N=C1c1cc2ccccc2o1)/c1cn(-c2ccccc2)nc1-c1cc2ccccc2o1. The molecule has 0 bridgehead atoms. The number of para-hydroxylation sites is 4. The number of benzene rings is 4. The molecule has 0 fully saturated rings. The van der Waals surface area contributed by atoms with Crippen molar-refractivity contribution in [2.45, 2.75) is 4.90 Å². The number of thioether (sulfide) groups is 1. The molecule has 0 spiro atoms. The van der Waals surface area contributed by atoms with Crippen LogP contribution >= 0.6 is 11.8 Å². The van der Waals surface area contributed by atoms with E-state index in [2.05, 4.69) is 30.3 Å². The van der Waals surface area contributed by atoms with Gasteiger partial charge in [-0.2, -0.15) is 5.10 Å². The molecule has 8 rings (SSSR count). The van der Waals surface area contributed by atoms with Crippen molar-refractivity contribution in [2.24, 2.45) is 4.99 Å². The van der Waals surface area contributed by atoms with Gasteiger partial charge in [0.05, 0.1) is 11.4 Å². The lowest BCUT2D eigenvalue weighted by atomic mass is 10.1. The Morgan fingerprint density at radius 3 is 2.10 bits per heavy atom. The normalized spacial score (nSPS) is 14.1. The van der Waals surface area contributed by atoms with E-state index in [0.717, 1.165) is 65.8 Å². The van der Waals surface area contributed by atoms with Gasteiger partial charge in [0, 0.05) is 32.3 Å². The minimum atomic E-state index is 0.714. The Balaban J connectivity index is 1.33. The zero-order valence-corrected chi connectivity index (χ0v) is 22.0. The van der Waals surface area contributed by atoms with Gasteiger partial charge in [0.1, 0.15) is 22.6 Å². The predicted octanol–water partition coefficient (Wildman–Crippen LogP) is 9.30. The van der Waals surface area contributed by atoms with Gasteiger partial charge in [0.15, 0.2) is 11.5 Å². The molecule has 40 heavy (non-hydrogen) atoms. The highest BCUT2D eigenvalue weighted by molar-refractivity contribution is 8.04. The molecular weight excluding hydrogens is 514 g/mol. The molecule has 190 valence electrons. The van der Waals surface area contributed by atoms with Gasteiger partial charge in [-0.25, -0.2) is 9.67 Å². The second-order valence-corrected chi connectivity index (χ2v) is 10.6. The number of nitrogens with zero attached hydrogens (tertiary/aromatic N) is 3. The maximum Gasteiger partial charge on any atom is 0.156 e. The number of hydrogen-bond acceptors (Lipinski definition) is 5. The molecule has 0 radical (unpaired) electrons. The van der Waals surface area contributed by atoms with Crippen LogP contribution in [-0.4, -0.2) is 15.5 Å². The monoisotopic (exact) mass is 535 g/mol. The first-order chi connectivity index (χ1) is 19.8. The lowest BCUT2D eigenvalue weighted by Crippen LogP contribution is -2.05. The zero-order valence-electron chi connectivity index (χ0n) is 21.2. The molecule has 1 aliphatic rings. The fourth-order valence-electron chi connectivity index (χ4n) is 4.99. The van der Waals surface area contributed by atoms with E-state index in [4.69, 9.17) is 18.9 Å². The first-order valence-electron chi connectivity index (χ1n) is 13.0. The van der Waals surface area contributed by atoms with E-state index in [-0.39, 0.29) is 0 Å². The average Bonchev–Trinajstić information content (AvgIpc) is 3.73. The summed E-state index contributed by atoms with van der Waals surface area (Å²) in [5.74, 6) is 1.45. The van der Waals surface area contributed by atoms with E-state index in [9.17, 15) is 0 Å². The molecule has 0 N–H and O–H groups in total. The highest BCUT2D eigenvalue weighted by atomic mass is 32.2. The van der Waals surface area contributed by atoms with Crippen molar-refractivity contribution in [3.63, 3.8) is 0 Å². The van der Waals surface area contributed by atoms with Crippen molar-refractivity contribution in [1.82, 2.24) is 9.78 Å². The van der Waals surface area contributed by atoms with Crippen molar-refractivity contribution in [2.75, 3.05) is 0 Å². The summed E-state index contributed by atoms with van der Waals surface area (Å²) in [4.78, 5) is 7.14. The van der Waals surface area contributed by atoms with Crippen LogP contribution < -0.4 is 0 Å². The van der Waals surface area contributed by atoms with Gasteiger partial charge in [-0.15, -0.1) is 0 Å². The van der Waals surface area contributed by atoms with Gasteiger partial charge in [0.2, 0.25) is 0 Å². The largest absolute Gasteiger partial charge is 0.454 e. The molecule has 3 aromatic heterocycles. The summed E-state index contributed by atoms with van der Waals surface area (Å²) in [5.41, 5.74) is 6.04. The Hall–Kier alpha value is -5.07. The fourth-order valence-corrected chi connectivity index (χ4v) is 6.02. The van der Waals surface area contributed by atoms with Crippen molar-refractivity contribution in [3.8, 4) is 17.1 Å². The Morgan fingerprint density at radius 1 is 0.675 bits per heavy atom. The van der Waals surface area contributed by atoms with Crippen LogP contribution in [0.1, 0.15) is 11.3 Å². The zero-order chi connectivity index (χ0) is 26.5. The average molecular weight is 536 g/mol. The third-order valence-corrected chi connectivity index (χ3v) is 8.01. The van der Waals surface area contributed by atoms with Gasteiger partial charge >= 0.3 is 0 Å². The Bertz CT molecular complexity index is 2030. The number of aromatic nitrogens is 2. The minimum Gasteiger partial charge on any atom is -0.454 e. The lowest BCUT2D eigenvalue weighted by Gasteiger charge is -2.16. The topological polar surface area (TPSA) is 56.5 Å². The predicted molar refractivity (Wildman–Crippen MR) is 161 cm³/mol. The molecule has 4 heterocycles. The summed E-state index contributed by atoms with van der Waals surface area (Å²) >= 11 is 1.68. The fraction of sp³-hybridized carbons (Fsp3) is 0. The van der Waals surface area contributed by atoms with Crippen LogP contribution in [0.3, 0.4) is 0 Å². The van der Waals surface area contributed by atoms with Crippen LogP contribution in [-0.2, 0) is 0 Å². The molecule has 6 heteroatoms. The molecule has 0 atom stereocenters. The Morgan fingerprint density at radius 2 is 1.32 bits per heavy atom. The number of rotatable bonds is 4. The smallest absolute Gasteiger partial charge is 0.156 e. The quantitative estimate of drug-likeness (QED) is 0.225. The molecular formula is C34H21N3O2S. The molecule has 0 unspecified atom stereocenters. The van der Waals surface area contributed by atoms with Crippen LogP contribution in [0, 0.1) is 0 Å². The second-order valence-electron chi connectivity index (χ2n) is 9.55. The summed E-state index contributed by atoms with van der Waals surface area (Å²) < 4.78 is 14.5. The third-order valence-electron chi connectivity index (χ3n) is 6.92. The highest BCUT2D eigenvalue weighted by Crippen LogP contribution is 2.43. The molecule has 0 amide bonds. The van der Waals surface area contributed by atoms with Crippen molar-refractivity contribution < 1.29 is 8.83 Å².